The van der Waals surface area contributed by atoms with Crippen LogP contribution in [-0.4, -0.2) is 28.1 Å². The second kappa shape index (κ2) is 3.41. The van der Waals surface area contributed by atoms with Gasteiger partial charge in [-0.2, -0.15) is 8.78 Å². The van der Waals surface area contributed by atoms with Gasteiger partial charge in [0.2, 0.25) is 0 Å². The van der Waals surface area contributed by atoms with Crippen molar-refractivity contribution >= 4 is 21.8 Å². The summed E-state index contributed by atoms with van der Waals surface area (Å²) in [7, 11) is 0. The summed E-state index contributed by atoms with van der Waals surface area (Å²) in [5, 5.41) is 15.0. The Kier molecular flexibility index (Phi) is 4.08. The molecule has 7 heteroatoms. The number of carboxylic acids is 2. The molecule has 0 fully saturated rings. The van der Waals surface area contributed by atoms with Crippen molar-refractivity contribution in [1.29, 1.82) is 0 Å². The normalized spacial score (nSPS) is 9.80. The van der Waals surface area contributed by atoms with E-state index in [1.165, 1.54) is 0 Å². The Morgan fingerprint density at radius 1 is 1.10 bits per heavy atom. The standard InChI is InChI=1S/C3H2F2O4.P/c4-3(5,1(6)7)2(8)9;/h(H,6,7)(H,8,9);. The second-order valence-electron chi connectivity index (χ2n) is 1.18. The lowest BCUT2D eigenvalue weighted by Crippen LogP contribution is -2.37. The summed E-state index contributed by atoms with van der Waals surface area (Å²) >= 11 is 0. The van der Waals surface area contributed by atoms with E-state index in [2.05, 4.69) is 0 Å². The first kappa shape index (κ1) is 12.0. The predicted octanol–water partition coefficient (Wildman–Crippen LogP) is 0.652. The zero-order valence-electron chi connectivity index (χ0n) is 4.41. The van der Waals surface area contributed by atoms with Crippen LogP contribution in [0.1, 0.15) is 0 Å². The van der Waals surface area contributed by atoms with Crippen LogP contribution in [0.5, 0.6) is 0 Å². The summed E-state index contributed by atoms with van der Waals surface area (Å²) in [4.78, 5) is 18.7. The Morgan fingerprint density at radius 3 is 1.30 bits per heavy atom. The first-order chi connectivity index (χ1) is 3.89. The van der Waals surface area contributed by atoms with E-state index < -0.39 is 17.9 Å². The number of halogens is 2. The predicted molar refractivity (Wildman–Crippen MR) is 27.1 cm³/mol. The van der Waals surface area contributed by atoms with Gasteiger partial charge >= 0.3 is 17.9 Å². The molecule has 2 N–H and O–H groups in total. The van der Waals surface area contributed by atoms with Crippen LogP contribution in [0.15, 0.2) is 0 Å². The van der Waals surface area contributed by atoms with Crippen molar-refractivity contribution in [2.45, 2.75) is 5.92 Å². The van der Waals surface area contributed by atoms with Crippen LogP contribution < -0.4 is 0 Å². The molecule has 4 nitrogen and oxygen atoms in total. The van der Waals surface area contributed by atoms with Gasteiger partial charge in [0.15, 0.2) is 0 Å². The second-order valence-corrected chi connectivity index (χ2v) is 1.18. The van der Waals surface area contributed by atoms with Crippen LogP contribution in [0, 0.1) is 0 Å². The zero-order valence-corrected chi connectivity index (χ0v) is 5.31. The number of carboxylic acid groups (broad SMARTS) is 2. The minimum atomic E-state index is -4.67. The molecule has 0 aliphatic carbocycles. The van der Waals surface area contributed by atoms with Crippen molar-refractivity contribution in [1.82, 2.24) is 0 Å². The van der Waals surface area contributed by atoms with Gasteiger partial charge in [-0.1, -0.05) is 0 Å². The summed E-state index contributed by atoms with van der Waals surface area (Å²) in [6.07, 6.45) is 0. The number of hydrogen-bond acceptors (Lipinski definition) is 2. The summed E-state index contributed by atoms with van der Waals surface area (Å²) < 4.78 is 22.9. The fourth-order valence-corrected chi connectivity index (χ4v) is 0.0915. The molecule has 0 atom stereocenters. The van der Waals surface area contributed by atoms with Gasteiger partial charge in [-0.15, -0.1) is 0 Å². The highest BCUT2D eigenvalue weighted by Gasteiger charge is 2.47. The van der Waals surface area contributed by atoms with Gasteiger partial charge in [-0.25, -0.2) is 9.59 Å². The van der Waals surface area contributed by atoms with Gasteiger partial charge in [-0.3, -0.25) is 0 Å². The zero-order chi connectivity index (χ0) is 7.65. The molecule has 0 saturated carbocycles. The SMILES string of the molecule is O=C(O)C(F)(F)C(=O)O.[P]. The lowest BCUT2D eigenvalue weighted by atomic mass is 10.3. The third kappa shape index (κ3) is 2.23. The van der Waals surface area contributed by atoms with E-state index in [0.717, 1.165) is 0 Å². The molecule has 0 aromatic carbocycles. The van der Waals surface area contributed by atoms with Crippen molar-refractivity contribution in [2.75, 3.05) is 0 Å². The number of rotatable bonds is 2. The monoisotopic (exact) mass is 171 g/mol. The van der Waals surface area contributed by atoms with E-state index in [-0.39, 0.29) is 9.90 Å². The Morgan fingerprint density at radius 2 is 1.30 bits per heavy atom. The Bertz CT molecular complexity index is 141. The topological polar surface area (TPSA) is 74.6 Å². The third-order valence-electron chi connectivity index (χ3n) is 0.537. The summed E-state index contributed by atoms with van der Waals surface area (Å²) in [6, 6.07) is 0. The molecule has 10 heavy (non-hydrogen) atoms. The molecule has 0 heterocycles. The quantitative estimate of drug-likeness (QED) is 0.472. The van der Waals surface area contributed by atoms with Crippen LogP contribution in [0.2, 0.25) is 0 Å². The van der Waals surface area contributed by atoms with Gasteiger partial charge in [0, 0.05) is 9.90 Å². The van der Waals surface area contributed by atoms with Gasteiger partial charge in [0.25, 0.3) is 0 Å². The molecular weight excluding hydrogens is 169 g/mol. The van der Waals surface area contributed by atoms with E-state index >= 15 is 0 Å². The Labute approximate surface area is 57.5 Å². The van der Waals surface area contributed by atoms with Crippen molar-refractivity contribution in [3.05, 3.63) is 0 Å². The molecule has 0 bridgehead atoms. The van der Waals surface area contributed by atoms with Crippen molar-refractivity contribution in [3.8, 4) is 0 Å². The maximum Gasteiger partial charge on any atom is 0.436 e. The van der Waals surface area contributed by atoms with Gasteiger partial charge < -0.3 is 10.2 Å². The van der Waals surface area contributed by atoms with Crippen molar-refractivity contribution in [3.63, 3.8) is 0 Å². The highest BCUT2D eigenvalue weighted by Crippen LogP contribution is 2.12. The number of carbonyl (C=O) groups is 2. The molecule has 0 aromatic rings. The van der Waals surface area contributed by atoms with E-state index in [1.807, 2.05) is 0 Å². The first-order valence-corrected chi connectivity index (χ1v) is 1.73. The van der Waals surface area contributed by atoms with Gasteiger partial charge in [0.05, 0.1) is 0 Å². The van der Waals surface area contributed by atoms with E-state index in [1.54, 1.807) is 0 Å². The van der Waals surface area contributed by atoms with Crippen LogP contribution >= 0.6 is 9.90 Å². The minimum Gasteiger partial charge on any atom is -0.476 e. The highest BCUT2D eigenvalue weighted by molar-refractivity contribution is 6.92. The molecule has 0 aliphatic rings. The van der Waals surface area contributed by atoms with Gasteiger partial charge in [-0.05, 0) is 0 Å². The van der Waals surface area contributed by atoms with Crippen molar-refractivity contribution in [2.24, 2.45) is 0 Å². The largest absolute Gasteiger partial charge is 0.476 e. The molecule has 0 saturated heterocycles. The average Bonchev–Trinajstić information content (AvgIpc) is 1.65. The van der Waals surface area contributed by atoms with Crippen LogP contribution in [0.4, 0.5) is 8.78 Å². The Balaban J connectivity index is 0. The molecule has 57 valence electrons. The molecule has 0 aliphatic heterocycles. The maximum atomic E-state index is 11.5. The van der Waals surface area contributed by atoms with Crippen LogP contribution in [0.3, 0.4) is 0 Å². The molecular formula is C3H2F2O4P. The fourth-order valence-electron chi connectivity index (χ4n) is 0.0915. The minimum absolute atomic E-state index is 0. The third-order valence-corrected chi connectivity index (χ3v) is 0.537. The average molecular weight is 171 g/mol. The maximum absolute atomic E-state index is 11.5. The highest BCUT2D eigenvalue weighted by atomic mass is 31.0. The van der Waals surface area contributed by atoms with E-state index in [9.17, 15) is 18.4 Å². The first-order valence-electron chi connectivity index (χ1n) is 1.73. The molecule has 0 amide bonds. The fraction of sp³-hybridized carbons (Fsp3) is 0.333. The number of aliphatic carboxylic acids is 2. The lowest BCUT2D eigenvalue weighted by Gasteiger charge is -2.01. The molecule has 0 unspecified atom stereocenters. The Hall–Kier alpha value is -0.770. The molecule has 0 aromatic heterocycles. The molecule has 0 rings (SSSR count). The van der Waals surface area contributed by atoms with Crippen molar-refractivity contribution < 1.29 is 28.6 Å². The van der Waals surface area contributed by atoms with E-state index in [0.29, 0.717) is 0 Å². The van der Waals surface area contributed by atoms with Crippen LogP contribution in [-0.2, 0) is 9.59 Å². The molecule has 0 spiro atoms. The van der Waals surface area contributed by atoms with E-state index in [4.69, 9.17) is 10.2 Å². The summed E-state index contributed by atoms with van der Waals surface area (Å²) in [5.74, 6) is -9.98. The molecule has 3 radical (unpaired) electrons. The summed E-state index contributed by atoms with van der Waals surface area (Å²) in [5.41, 5.74) is 0. The summed E-state index contributed by atoms with van der Waals surface area (Å²) in [6.45, 7) is 0. The van der Waals surface area contributed by atoms with Gasteiger partial charge in [0.1, 0.15) is 0 Å². The lowest BCUT2D eigenvalue weighted by molar-refractivity contribution is -0.182. The number of hydrogen-bond donors (Lipinski definition) is 2. The smallest absolute Gasteiger partial charge is 0.436 e. The number of alkyl halides is 2. The van der Waals surface area contributed by atoms with Crippen LogP contribution in [0.25, 0.3) is 0 Å².